The highest BCUT2D eigenvalue weighted by Crippen LogP contribution is 2.17. The number of carbonyl (C=O) groups excluding carboxylic acids is 2. The molecule has 2 atom stereocenters. The van der Waals surface area contributed by atoms with E-state index in [9.17, 15) is 9.59 Å². The molecule has 0 fully saturated rings. The lowest BCUT2D eigenvalue weighted by Gasteiger charge is -2.23. The molecule has 28 heavy (non-hydrogen) atoms. The second kappa shape index (κ2) is 10.2. The molecule has 2 aromatic carbocycles. The van der Waals surface area contributed by atoms with Crippen LogP contribution in [0.2, 0.25) is 5.02 Å². The van der Waals surface area contributed by atoms with E-state index in [4.69, 9.17) is 21.1 Å². The largest absolute Gasteiger partial charge is 0.465 e. The van der Waals surface area contributed by atoms with Crippen LogP contribution in [-0.2, 0) is 20.9 Å². The Morgan fingerprint density at radius 1 is 1.00 bits per heavy atom. The van der Waals surface area contributed by atoms with Gasteiger partial charge in [0.05, 0.1) is 25.3 Å². The molecule has 0 heterocycles. The second-order valence-electron chi connectivity index (χ2n) is 6.95. The molecule has 0 radical (unpaired) electrons. The summed E-state index contributed by atoms with van der Waals surface area (Å²) < 4.78 is 10.6. The molecule has 0 spiro atoms. The van der Waals surface area contributed by atoms with E-state index in [-0.39, 0.29) is 17.9 Å². The van der Waals surface area contributed by atoms with Crippen molar-refractivity contribution in [1.29, 1.82) is 0 Å². The fourth-order valence-electron chi connectivity index (χ4n) is 2.74. The number of carbonyl (C=O) groups is 2. The van der Waals surface area contributed by atoms with Gasteiger partial charge in [-0.2, -0.15) is 0 Å². The molecule has 0 saturated carbocycles. The van der Waals surface area contributed by atoms with Crippen LogP contribution < -0.4 is 5.32 Å². The van der Waals surface area contributed by atoms with Crippen LogP contribution in [0.4, 0.5) is 0 Å². The minimum Gasteiger partial charge on any atom is -0.465 e. The van der Waals surface area contributed by atoms with Crippen molar-refractivity contribution in [1.82, 2.24) is 5.32 Å². The monoisotopic (exact) mass is 403 g/mol. The SMILES string of the molecule is COC(=O)c1ccc([C@H](C)NC(=O)[C@H](OCc2ccc(Cl)cc2)C(C)C)cc1. The first kappa shape index (κ1) is 21.9. The van der Waals surface area contributed by atoms with Crippen molar-refractivity contribution in [3.8, 4) is 0 Å². The maximum Gasteiger partial charge on any atom is 0.337 e. The van der Waals surface area contributed by atoms with Gasteiger partial charge in [-0.05, 0) is 48.2 Å². The van der Waals surface area contributed by atoms with Gasteiger partial charge in [-0.25, -0.2) is 4.79 Å². The zero-order valence-electron chi connectivity index (χ0n) is 16.6. The fourth-order valence-corrected chi connectivity index (χ4v) is 2.87. The lowest BCUT2D eigenvalue weighted by molar-refractivity contribution is -0.137. The highest BCUT2D eigenvalue weighted by atomic mass is 35.5. The van der Waals surface area contributed by atoms with Gasteiger partial charge in [0.15, 0.2) is 0 Å². The molecular weight excluding hydrogens is 378 g/mol. The number of methoxy groups -OCH3 is 1. The number of benzene rings is 2. The van der Waals surface area contributed by atoms with Crippen molar-refractivity contribution >= 4 is 23.5 Å². The normalized spacial score (nSPS) is 13.1. The van der Waals surface area contributed by atoms with E-state index >= 15 is 0 Å². The van der Waals surface area contributed by atoms with Crippen LogP contribution in [0.1, 0.15) is 48.3 Å². The number of esters is 1. The quantitative estimate of drug-likeness (QED) is 0.657. The van der Waals surface area contributed by atoms with E-state index in [1.54, 1.807) is 36.4 Å². The summed E-state index contributed by atoms with van der Waals surface area (Å²) in [4.78, 5) is 24.3. The van der Waals surface area contributed by atoms with Crippen molar-refractivity contribution in [2.45, 2.75) is 39.5 Å². The Bertz CT molecular complexity index is 787. The summed E-state index contributed by atoms with van der Waals surface area (Å²) in [6.07, 6.45) is -0.576. The summed E-state index contributed by atoms with van der Waals surface area (Å²) in [5.74, 6) is -0.548. The Morgan fingerprint density at radius 3 is 2.14 bits per heavy atom. The van der Waals surface area contributed by atoms with E-state index in [0.29, 0.717) is 17.2 Å². The number of hydrogen-bond donors (Lipinski definition) is 1. The van der Waals surface area contributed by atoms with Gasteiger partial charge in [-0.3, -0.25) is 4.79 Å². The van der Waals surface area contributed by atoms with Crippen LogP contribution in [0.5, 0.6) is 0 Å². The van der Waals surface area contributed by atoms with Gasteiger partial charge in [0.25, 0.3) is 0 Å². The molecule has 0 aliphatic carbocycles. The summed E-state index contributed by atoms with van der Waals surface area (Å²) in [7, 11) is 1.34. The van der Waals surface area contributed by atoms with Crippen molar-refractivity contribution in [3.05, 3.63) is 70.2 Å². The van der Waals surface area contributed by atoms with Gasteiger partial charge in [0.1, 0.15) is 6.10 Å². The van der Waals surface area contributed by atoms with Crippen LogP contribution in [0.3, 0.4) is 0 Å². The first-order valence-electron chi connectivity index (χ1n) is 9.16. The molecular formula is C22H26ClNO4. The van der Waals surface area contributed by atoms with Crippen molar-refractivity contribution in [3.63, 3.8) is 0 Å². The lowest BCUT2D eigenvalue weighted by Crippen LogP contribution is -2.40. The second-order valence-corrected chi connectivity index (χ2v) is 7.38. The van der Waals surface area contributed by atoms with Gasteiger partial charge < -0.3 is 14.8 Å². The van der Waals surface area contributed by atoms with E-state index in [2.05, 4.69) is 5.32 Å². The standard InChI is InChI=1S/C22H26ClNO4/c1-14(2)20(28-13-16-5-11-19(23)12-6-16)21(25)24-15(3)17-7-9-18(10-8-17)22(26)27-4/h5-12,14-15,20H,13H2,1-4H3,(H,24,25)/t15-,20+/m0/s1. The molecule has 6 heteroatoms. The fraction of sp³-hybridized carbons (Fsp3) is 0.364. The van der Waals surface area contributed by atoms with Crippen molar-refractivity contribution in [2.75, 3.05) is 7.11 Å². The average molecular weight is 404 g/mol. The van der Waals surface area contributed by atoms with Gasteiger partial charge in [-0.15, -0.1) is 0 Å². The van der Waals surface area contributed by atoms with E-state index in [1.165, 1.54) is 7.11 Å². The third-order valence-electron chi connectivity index (χ3n) is 4.40. The van der Waals surface area contributed by atoms with Crippen LogP contribution in [-0.4, -0.2) is 25.1 Å². The molecule has 0 saturated heterocycles. The average Bonchev–Trinajstić information content (AvgIpc) is 2.68. The minimum absolute atomic E-state index is 0.0150. The molecule has 0 aliphatic rings. The molecule has 1 N–H and O–H groups in total. The van der Waals surface area contributed by atoms with Gasteiger partial charge >= 0.3 is 5.97 Å². The minimum atomic E-state index is -0.576. The molecule has 2 rings (SSSR count). The molecule has 0 bridgehead atoms. The van der Waals surface area contributed by atoms with Crippen LogP contribution in [0, 0.1) is 5.92 Å². The van der Waals surface area contributed by atoms with Gasteiger partial charge in [0, 0.05) is 5.02 Å². The summed E-state index contributed by atoms with van der Waals surface area (Å²) in [6, 6.07) is 14.1. The van der Waals surface area contributed by atoms with E-state index < -0.39 is 12.1 Å². The first-order chi connectivity index (χ1) is 13.3. The number of amides is 1. The molecule has 0 aromatic heterocycles. The van der Waals surface area contributed by atoms with E-state index in [1.807, 2.05) is 32.9 Å². The third kappa shape index (κ3) is 6.08. The van der Waals surface area contributed by atoms with Crippen molar-refractivity contribution in [2.24, 2.45) is 5.92 Å². The number of ether oxygens (including phenoxy) is 2. The third-order valence-corrected chi connectivity index (χ3v) is 4.65. The zero-order valence-corrected chi connectivity index (χ0v) is 17.3. The number of halogens is 1. The smallest absolute Gasteiger partial charge is 0.337 e. The maximum atomic E-state index is 12.7. The van der Waals surface area contributed by atoms with Crippen molar-refractivity contribution < 1.29 is 19.1 Å². The Balaban J connectivity index is 1.98. The summed E-state index contributed by atoms with van der Waals surface area (Å²) >= 11 is 5.90. The van der Waals surface area contributed by atoms with Crippen LogP contribution in [0.15, 0.2) is 48.5 Å². The Morgan fingerprint density at radius 2 is 1.61 bits per heavy atom. The predicted octanol–water partition coefficient (Wildman–Crippen LogP) is 4.55. The Hall–Kier alpha value is -2.37. The van der Waals surface area contributed by atoms with Crippen LogP contribution in [0.25, 0.3) is 0 Å². The Kier molecular flexibility index (Phi) is 8.03. The maximum absolute atomic E-state index is 12.7. The number of nitrogens with one attached hydrogen (secondary N) is 1. The first-order valence-corrected chi connectivity index (χ1v) is 9.54. The molecule has 2 aromatic rings. The molecule has 0 unspecified atom stereocenters. The zero-order chi connectivity index (χ0) is 20.7. The predicted molar refractivity (Wildman–Crippen MR) is 109 cm³/mol. The number of hydrogen-bond acceptors (Lipinski definition) is 4. The van der Waals surface area contributed by atoms with Gasteiger partial charge in [0.2, 0.25) is 5.91 Å². The Labute approximate surface area is 171 Å². The van der Waals surface area contributed by atoms with Crippen LogP contribution >= 0.6 is 11.6 Å². The number of rotatable bonds is 8. The van der Waals surface area contributed by atoms with E-state index in [0.717, 1.165) is 11.1 Å². The summed E-state index contributed by atoms with van der Waals surface area (Å²) in [5.41, 5.74) is 2.31. The topological polar surface area (TPSA) is 64.6 Å². The molecule has 0 aliphatic heterocycles. The lowest BCUT2D eigenvalue weighted by atomic mass is 10.0. The highest BCUT2D eigenvalue weighted by molar-refractivity contribution is 6.30. The molecule has 150 valence electrons. The van der Waals surface area contributed by atoms with Gasteiger partial charge in [-0.1, -0.05) is 49.7 Å². The molecule has 1 amide bonds. The summed E-state index contributed by atoms with van der Waals surface area (Å²) in [5, 5.41) is 3.65. The molecule has 5 nitrogen and oxygen atoms in total. The highest BCUT2D eigenvalue weighted by Gasteiger charge is 2.24. The summed E-state index contributed by atoms with van der Waals surface area (Å²) in [6.45, 7) is 6.11.